The summed E-state index contributed by atoms with van der Waals surface area (Å²) in [5, 5.41) is 13.8. The second-order valence-corrected chi connectivity index (χ2v) is 3.34. The fraction of sp³-hybridized carbons (Fsp3) is 0.400. The van der Waals surface area contributed by atoms with Gasteiger partial charge in [-0.3, -0.25) is 4.79 Å². The van der Waals surface area contributed by atoms with Crippen LogP contribution in [0.2, 0.25) is 0 Å². The number of rotatable bonds is 4. The van der Waals surface area contributed by atoms with Crippen LogP contribution in [0.25, 0.3) is 0 Å². The van der Waals surface area contributed by atoms with Crippen LogP contribution in [0.4, 0.5) is 5.95 Å². The number of hydrogen-bond acceptors (Lipinski definition) is 6. The van der Waals surface area contributed by atoms with Crippen molar-refractivity contribution in [1.29, 1.82) is 0 Å². The number of nitrogens with zero attached hydrogens (tertiary/aromatic N) is 4. The SMILES string of the molecule is NC(=O)C(N)Cn1nc([N+](=O)[O-])nc1Br. The maximum atomic E-state index is 10.6. The van der Waals surface area contributed by atoms with E-state index in [0.717, 1.165) is 4.68 Å². The Morgan fingerprint density at radius 1 is 1.73 bits per heavy atom. The maximum Gasteiger partial charge on any atom is 0.492 e. The Kier molecular flexibility index (Phi) is 3.31. The van der Waals surface area contributed by atoms with Crippen molar-refractivity contribution in [3.63, 3.8) is 0 Å². The van der Waals surface area contributed by atoms with Crippen molar-refractivity contribution in [2.45, 2.75) is 12.6 Å². The highest BCUT2D eigenvalue weighted by Crippen LogP contribution is 2.11. The molecule has 1 atom stereocenters. The van der Waals surface area contributed by atoms with Crippen molar-refractivity contribution in [3.8, 4) is 0 Å². The van der Waals surface area contributed by atoms with Crippen molar-refractivity contribution in [2.75, 3.05) is 0 Å². The minimum absolute atomic E-state index is 0.0727. The Labute approximate surface area is 91.7 Å². The number of nitrogens with two attached hydrogens (primary N) is 2. The zero-order valence-electron chi connectivity index (χ0n) is 7.33. The van der Waals surface area contributed by atoms with Crippen molar-refractivity contribution in [3.05, 3.63) is 14.8 Å². The molecule has 9 nitrogen and oxygen atoms in total. The van der Waals surface area contributed by atoms with Gasteiger partial charge in [0.25, 0.3) is 4.73 Å². The molecule has 0 aliphatic carbocycles. The standard InChI is InChI=1S/C5H7BrN6O3/c6-4-9-5(12(14)15)10-11(4)1-2(7)3(8)13/h2H,1,7H2,(H2,8,13). The van der Waals surface area contributed by atoms with Gasteiger partial charge in [-0.1, -0.05) is 0 Å². The third kappa shape index (κ3) is 2.70. The molecule has 0 bridgehead atoms. The van der Waals surface area contributed by atoms with E-state index in [1.54, 1.807) is 0 Å². The Morgan fingerprint density at radius 3 is 2.73 bits per heavy atom. The monoisotopic (exact) mass is 278 g/mol. The van der Waals surface area contributed by atoms with E-state index < -0.39 is 22.8 Å². The van der Waals surface area contributed by atoms with Gasteiger partial charge in [-0.15, -0.1) is 0 Å². The first kappa shape index (κ1) is 11.5. The summed E-state index contributed by atoms with van der Waals surface area (Å²) < 4.78 is 1.21. The van der Waals surface area contributed by atoms with Gasteiger partial charge in [0.1, 0.15) is 6.04 Å². The number of carbonyl (C=O) groups excluding carboxylic acids is 1. The normalized spacial score (nSPS) is 12.4. The van der Waals surface area contributed by atoms with Gasteiger partial charge >= 0.3 is 5.95 Å². The molecular weight excluding hydrogens is 272 g/mol. The van der Waals surface area contributed by atoms with Crippen LogP contribution in [0.5, 0.6) is 0 Å². The fourth-order valence-electron chi connectivity index (χ4n) is 0.782. The molecule has 82 valence electrons. The Hall–Kier alpha value is -1.55. The third-order valence-electron chi connectivity index (χ3n) is 1.51. The molecule has 15 heavy (non-hydrogen) atoms. The molecule has 0 saturated heterocycles. The number of hydrogen-bond donors (Lipinski definition) is 2. The number of nitro groups is 1. The third-order valence-corrected chi connectivity index (χ3v) is 2.10. The van der Waals surface area contributed by atoms with Crippen molar-refractivity contribution < 1.29 is 9.72 Å². The molecule has 10 heteroatoms. The molecule has 1 heterocycles. The van der Waals surface area contributed by atoms with Gasteiger partial charge in [-0.2, -0.15) is 4.68 Å². The van der Waals surface area contributed by atoms with Crippen molar-refractivity contribution >= 4 is 27.8 Å². The first-order chi connectivity index (χ1) is 6.91. The molecule has 0 radical (unpaired) electrons. The van der Waals surface area contributed by atoms with Crippen LogP contribution < -0.4 is 11.5 Å². The topological polar surface area (TPSA) is 143 Å². The summed E-state index contributed by atoms with van der Waals surface area (Å²) >= 11 is 2.94. The summed E-state index contributed by atoms with van der Waals surface area (Å²) in [6.07, 6.45) is 0. The number of aromatic nitrogens is 3. The van der Waals surface area contributed by atoms with E-state index in [1.807, 2.05) is 0 Å². The molecule has 0 aromatic carbocycles. The zero-order valence-corrected chi connectivity index (χ0v) is 8.92. The molecular formula is C5H7BrN6O3. The van der Waals surface area contributed by atoms with E-state index in [0.29, 0.717) is 0 Å². The second-order valence-electron chi connectivity index (χ2n) is 2.63. The van der Waals surface area contributed by atoms with Crippen LogP contribution >= 0.6 is 15.9 Å². The summed E-state index contributed by atoms with van der Waals surface area (Å²) in [6.45, 7) is -0.0727. The Morgan fingerprint density at radius 2 is 2.33 bits per heavy atom. The minimum atomic E-state index is -0.970. The Balaban J connectivity index is 2.86. The molecule has 1 amide bonds. The molecule has 0 aliphatic heterocycles. The van der Waals surface area contributed by atoms with E-state index >= 15 is 0 Å². The number of halogens is 1. The largest absolute Gasteiger partial charge is 0.492 e. The summed E-state index contributed by atoms with van der Waals surface area (Å²) in [5.41, 5.74) is 10.3. The highest BCUT2D eigenvalue weighted by molar-refractivity contribution is 9.10. The van der Waals surface area contributed by atoms with E-state index in [-0.39, 0.29) is 11.3 Å². The molecule has 0 fully saturated rings. The van der Waals surface area contributed by atoms with Gasteiger partial charge in [-0.25, -0.2) is 0 Å². The smallest absolute Gasteiger partial charge is 0.390 e. The lowest BCUT2D eigenvalue weighted by atomic mass is 10.3. The van der Waals surface area contributed by atoms with Gasteiger partial charge < -0.3 is 21.6 Å². The average molecular weight is 279 g/mol. The van der Waals surface area contributed by atoms with Gasteiger partial charge in [0.15, 0.2) is 0 Å². The molecule has 4 N–H and O–H groups in total. The molecule has 0 saturated carbocycles. The summed E-state index contributed by atoms with van der Waals surface area (Å²) in [6, 6.07) is -0.970. The number of amides is 1. The van der Waals surface area contributed by atoms with E-state index in [4.69, 9.17) is 11.5 Å². The van der Waals surface area contributed by atoms with Crippen LogP contribution in [0.1, 0.15) is 0 Å². The Bertz CT molecular complexity index is 403. The lowest BCUT2D eigenvalue weighted by Crippen LogP contribution is -2.40. The highest BCUT2D eigenvalue weighted by atomic mass is 79.9. The molecule has 1 unspecified atom stereocenters. The van der Waals surface area contributed by atoms with E-state index in [2.05, 4.69) is 26.0 Å². The van der Waals surface area contributed by atoms with Gasteiger partial charge in [0.2, 0.25) is 5.91 Å². The molecule has 1 aromatic heterocycles. The molecule has 1 rings (SSSR count). The second kappa shape index (κ2) is 4.31. The summed E-state index contributed by atoms with van der Waals surface area (Å²) in [7, 11) is 0. The number of primary amides is 1. The lowest BCUT2D eigenvalue weighted by Gasteiger charge is -2.03. The van der Waals surface area contributed by atoms with Crippen LogP contribution in [0.15, 0.2) is 4.73 Å². The van der Waals surface area contributed by atoms with Gasteiger partial charge in [0, 0.05) is 21.0 Å². The van der Waals surface area contributed by atoms with Crippen LogP contribution in [-0.4, -0.2) is 31.6 Å². The predicted molar refractivity (Wildman–Crippen MR) is 51.5 cm³/mol. The van der Waals surface area contributed by atoms with Crippen LogP contribution in [0.3, 0.4) is 0 Å². The van der Waals surface area contributed by atoms with Gasteiger partial charge in [0.05, 0.1) is 6.54 Å². The van der Waals surface area contributed by atoms with Crippen LogP contribution in [-0.2, 0) is 11.3 Å². The first-order valence-corrected chi connectivity index (χ1v) is 4.50. The number of carbonyl (C=O) groups is 1. The zero-order chi connectivity index (χ0) is 11.6. The predicted octanol–water partition coefficient (Wildman–Crippen LogP) is -1.24. The quantitative estimate of drug-likeness (QED) is 0.521. The molecule has 0 spiro atoms. The fourth-order valence-corrected chi connectivity index (χ4v) is 1.16. The van der Waals surface area contributed by atoms with E-state index in [1.165, 1.54) is 0 Å². The highest BCUT2D eigenvalue weighted by Gasteiger charge is 2.22. The van der Waals surface area contributed by atoms with Crippen molar-refractivity contribution in [1.82, 2.24) is 14.8 Å². The average Bonchev–Trinajstić information content (AvgIpc) is 2.47. The lowest BCUT2D eigenvalue weighted by molar-refractivity contribution is -0.394. The van der Waals surface area contributed by atoms with Crippen LogP contribution in [0, 0.1) is 10.1 Å². The summed E-state index contributed by atoms with van der Waals surface area (Å²) in [5.74, 6) is -1.29. The van der Waals surface area contributed by atoms with Crippen molar-refractivity contribution in [2.24, 2.45) is 11.5 Å². The minimum Gasteiger partial charge on any atom is -0.390 e. The van der Waals surface area contributed by atoms with Gasteiger partial charge in [-0.05, 0) is 9.91 Å². The first-order valence-electron chi connectivity index (χ1n) is 3.71. The summed E-state index contributed by atoms with van der Waals surface area (Å²) in [4.78, 5) is 23.7. The van der Waals surface area contributed by atoms with E-state index in [9.17, 15) is 14.9 Å². The molecule has 1 aromatic rings. The molecule has 0 aliphatic rings. The maximum absolute atomic E-state index is 10.6.